The first kappa shape index (κ1) is 16.8. The lowest BCUT2D eigenvalue weighted by Gasteiger charge is -2.00. The van der Waals surface area contributed by atoms with Crippen LogP contribution in [0.5, 0.6) is 0 Å². The molecule has 4 rings (SSSR count). The van der Waals surface area contributed by atoms with Gasteiger partial charge in [-0.1, -0.05) is 47.4 Å². The first-order chi connectivity index (χ1) is 12.3. The van der Waals surface area contributed by atoms with Gasteiger partial charge in [0.2, 0.25) is 5.52 Å². The number of rotatable bonds is 4. The highest BCUT2D eigenvalue weighted by molar-refractivity contribution is 8.04. The minimum Gasteiger partial charge on any atom is -0.349 e. The van der Waals surface area contributed by atoms with E-state index >= 15 is 0 Å². The Morgan fingerprint density at radius 2 is 1.96 bits per heavy atom. The minimum atomic E-state index is 0.979. The molecule has 0 saturated carbocycles. The lowest BCUT2D eigenvalue weighted by atomic mass is 10.3. The number of aryl methyl sites for hydroxylation is 1. The van der Waals surface area contributed by atoms with Crippen molar-refractivity contribution in [1.29, 1.82) is 0 Å². The van der Waals surface area contributed by atoms with E-state index in [0.29, 0.717) is 0 Å². The third-order valence-electron chi connectivity index (χ3n) is 4.09. The third kappa shape index (κ3) is 3.36. The summed E-state index contributed by atoms with van der Waals surface area (Å²) in [7, 11) is 0. The van der Waals surface area contributed by atoms with Crippen LogP contribution in [0.15, 0.2) is 69.4 Å². The molecule has 0 fully saturated rings. The molecule has 5 heteroatoms. The molecule has 0 spiro atoms. The molecule has 0 unspecified atom stereocenters. The number of thiazole rings is 1. The van der Waals surface area contributed by atoms with Crippen molar-refractivity contribution in [2.24, 2.45) is 0 Å². The molecule has 0 amide bonds. The first-order valence-corrected chi connectivity index (χ1v) is 11.1. The van der Waals surface area contributed by atoms with Gasteiger partial charge < -0.3 is 5.32 Å². The van der Waals surface area contributed by atoms with Crippen LogP contribution < -0.4 is 9.88 Å². The maximum Gasteiger partial charge on any atom is 0.263 e. The topological polar surface area (TPSA) is 15.9 Å². The molecule has 2 aromatic carbocycles. The molecule has 0 bridgehead atoms. The lowest BCUT2D eigenvalue weighted by Crippen LogP contribution is -2.33. The summed E-state index contributed by atoms with van der Waals surface area (Å²) in [5.74, 6) is 0. The van der Waals surface area contributed by atoms with Gasteiger partial charge in [-0.25, -0.2) is 0 Å². The standard InChI is InChI=1S/C20H18N2S3/c1-3-22-16-9-5-7-11-18(16)25-20(22)13-14(23-2)12-19-21-15-8-4-6-10-17(15)24-19/h4-13H,3H2,1-2H3/p+1. The van der Waals surface area contributed by atoms with Gasteiger partial charge in [0.1, 0.15) is 11.2 Å². The molecule has 0 aliphatic carbocycles. The van der Waals surface area contributed by atoms with Crippen molar-refractivity contribution in [1.82, 2.24) is 0 Å². The Kier molecular flexibility index (Phi) is 4.88. The van der Waals surface area contributed by atoms with Crippen molar-refractivity contribution < 1.29 is 4.57 Å². The van der Waals surface area contributed by atoms with E-state index in [0.717, 1.165) is 6.54 Å². The Labute approximate surface area is 160 Å². The summed E-state index contributed by atoms with van der Waals surface area (Å²) in [6.45, 7) is 3.19. The van der Waals surface area contributed by atoms with Crippen LogP contribution in [0.2, 0.25) is 0 Å². The van der Waals surface area contributed by atoms with E-state index in [1.165, 1.54) is 35.7 Å². The van der Waals surface area contributed by atoms with Gasteiger partial charge in [0.25, 0.3) is 5.01 Å². The molecular formula is C20H19N2S3+. The van der Waals surface area contributed by atoms with Gasteiger partial charge in [-0.05, 0) is 37.5 Å². The first-order valence-electron chi connectivity index (χ1n) is 8.21. The van der Waals surface area contributed by atoms with Crippen LogP contribution in [-0.2, 0) is 6.54 Å². The maximum atomic E-state index is 3.51. The summed E-state index contributed by atoms with van der Waals surface area (Å²) in [6, 6.07) is 17.1. The second kappa shape index (κ2) is 7.28. The van der Waals surface area contributed by atoms with E-state index in [2.05, 4.69) is 83.7 Å². The van der Waals surface area contributed by atoms with Gasteiger partial charge in [-0.15, -0.1) is 11.8 Å². The molecule has 0 radical (unpaired) electrons. The van der Waals surface area contributed by atoms with Crippen molar-refractivity contribution >= 4 is 56.8 Å². The van der Waals surface area contributed by atoms with Crippen molar-refractivity contribution in [3.8, 4) is 0 Å². The summed E-state index contributed by atoms with van der Waals surface area (Å²) in [5.41, 5.74) is 2.51. The molecule has 3 aromatic rings. The van der Waals surface area contributed by atoms with E-state index in [1.807, 2.05) is 11.3 Å². The summed E-state index contributed by atoms with van der Waals surface area (Å²) in [5, 5.41) is 5.99. The highest BCUT2D eigenvalue weighted by Crippen LogP contribution is 2.41. The van der Waals surface area contributed by atoms with E-state index in [1.54, 1.807) is 23.5 Å². The molecule has 25 heavy (non-hydrogen) atoms. The zero-order valence-electron chi connectivity index (χ0n) is 14.2. The largest absolute Gasteiger partial charge is 0.349 e. The number of hydrogen-bond donors (Lipinski definition) is 1. The number of nitrogens with one attached hydrogen (secondary N) is 1. The van der Waals surface area contributed by atoms with Crippen LogP contribution in [0.4, 0.5) is 5.69 Å². The number of aromatic nitrogens is 1. The Morgan fingerprint density at radius 1 is 1.16 bits per heavy atom. The number of anilines is 1. The fourth-order valence-electron chi connectivity index (χ4n) is 2.90. The van der Waals surface area contributed by atoms with E-state index in [9.17, 15) is 0 Å². The quantitative estimate of drug-likeness (QED) is 0.559. The zero-order valence-corrected chi connectivity index (χ0v) is 16.6. The summed E-state index contributed by atoms with van der Waals surface area (Å²) < 4.78 is 3.73. The number of allylic oxidation sites excluding steroid dienone is 1. The molecule has 1 aromatic heterocycles. The van der Waals surface area contributed by atoms with E-state index in [-0.39, 0.29) is 0 Å². The Morgan fingerprint density at radius 3 is 2.76 bits per heavy atom. The van der Waals surface area contributed by atoms with Gasteiger partial charge in [-0.2, -0.15) is 4.57 Å². The average Bonchev–Trinajstić information content (AvgIpc) is 3.20. The average molecular weight is 384 g/mol. The highest BCUT2D eigenvalue weighted by atomic mass is 32.2. The van der Waals surface area contributed by atoms with Crippen molar-refractivity contribution in [2.45, 2.75) is 18.4 Å². The normalized spacial score (nSPS) is 15.6. The number of fused-ring (bicyclic) bond motifs is 2. The highest BCUT2D eigenvalue weighted by Gasteiger charge is 2.18. The van der Waals surface area contributed by atoms with Gasteiger partial charge >= 0.3 is 0 Å². The number of thioether (sulfide) groups is 2. The Bertz CT molecular complexity index is 959. The molecule has 1 N–H and O–H groups in total. The van der Waals surface area contributed by atoms with Gasteiger partial charge in [-0.3, -0.25) is 0 Å². The molecule has 0 atom stereocenters. The molecule has 1 aliphatic rings. The minimum absolute atomic E-state index is 0.979. The molecule has 126 valence electrons. The number of nitrogens with zero attached hydrogens (tertiary/aromatic N) is 1. The van der Waals surface area contributed by atoms with Crippen LogP contribution >= 0.6 is 34.9 Å². The molecular weight excluding hydrogens is 364 g/mol. The van der Waals surface area contributed by atoms with Crippen LogP contribution in [0.25, 0.3) is 16.3 Å². The fourth-order valence-corrected chi connectivity index (χ4v) is 5.65. The van der Waals surface area contributed by atoms with Crippen LogP contribution in [0.3, 0.4) is 0 Å². The molecule has 1 aliphatic heterocycles. The van der Waals surface area contributed by atoms with Crippen LogP contribution in [0, 0.1) is 0 Å². The smallest absolute Gasteiger partial charge is 0.263 e. The SMILES string of the molecule is CC[n+]1c(C=C(C=C2Nc3ccccc3S2)SC)sc2ccccc21. The number of hydrogen-bond acceptors (Lipinski definition) is 4. The summed E-state index contributed by atoms with van der Waals surface area (Å²) in [6.07, 6.45) is 6.69. The van der Waals surface area contributed by atoms with E-state index < -0.39 is 0 Å². The Hall–Kier alpha value is -1.69. The summed E-state index contributed by atoms with van der Waals surface area (Å²) in [4.78, 5) is 2.55. The zero-order chi connectivity index (χ0) is 17.2. The predicted molar refractivity (Wildman–Crippen MR) is 113 cm³/mol. The monoisotopic (exact) mass is 383 g/mol. The van der Waals surface area contributed by atoms with Crippen LogP contribution in [-0.4, -0.2) is 6.26 Å². The van der Waals surface area contributed by atoms with Crippen molar-refractivity contribution in [3.05, 3.63) is 69.5 Å². The number of para-hydroxylation sites is 2. The predicted octanol–water partition coefficient (Wildman–Crippen LogP) is 5.97. The van der Waals surface area contributed by atoms with Gasteiger partial charge in [0, 0.05) is 21.9 Å². The van der Waals surface area contributed by atoms with Gasteiger partial charge in [0.15, 0.2) is 0 Å². The second-order valence-electron chi connectivity index (χ2n) is 5.63. The van der Waals surface area contributed by atoms with Crippen LogP contribution in [0.1, 0.15) is 11.9 Å². The number of benzene rings is 2. The molecule has 2 heterocycles. The second-order valence-corrected chi connectivity index (χ2v) is 8.66. The fraction of sp³-hybridized carbons (Fsp3) is 0.150. The third-order valence-corrected chi connectivity index (χ3v) is 6.93. The van der Waals surface area contributed by atoms with Crippen molar-refractivity contribution in [2.75, 3.05) is 11.6 Å². The van der Waals surface area contributed by atoms with Crippen molar-refractivity contribution in [3.63, 3.8) is 0 Å². The molecule has 0 saturated heterocycles. The lowest BCUT2D eigenvalue weighted by molar-refractivity contribution is -0.665. The maximum absolute atomic E-state index is 3.51. The summed E-state index contributed by atoms with van der Waals surface area (Å²) >= 11 is 5.44. The Balaban J connectivity index is 1.69. The van der Waals surface area contributed by atoms with E-state index in [4.69, 9.17) is 0 Å². The molecule has 2 nitrogen and oxygen atoms in total. The van der Waals surface area contributed by atoms with Gasteiger partial charge in [0.05, 0.1) is 10.7 Å².